The molecule has 0 unspecified atom stereocenters. The molecule has 14 heterocycles. The van der Waals surface area contributed by atoms with Crippen molar-refractivity contribution in [1.29, 1.82) is 0 Å². The highest BCUT2D eigenvalue weighted by Gasteiger charge is 2.31. The summed E-state index contributed by atoms with van der Waals surface area (Å²) in [6, 6.07) is 23.1. The van der Waals surface area contributed by atoms with Gasteiger partial charge in [0.05, 0.1) is 88.0 Å². The number of nitrogens with two attached hydrogens (primary N) is 1. The van der Waals surface area contributed by atoms with Gasteiger partial charge in [0, 0.05) is 163 Å². The first-order valence-corrected chi connectivity index (χ1v) is 35.6. The lowest BCUT2D eigenvalue weighted by Gasteiger charge is -2.36. The maximum atomic E-state index is 15.1. The number of nitro groups is 2. The highest BCUT2D eigenvalue weighted by atomic mass is 35.5. The summed E-state index contributed by atoms with van der Waals surface area (Å²) < 4.78 is 45.4. The third-order valence-corrected chi connectivity index (χ3v) is 17.9. The van der Waals surface area contributed by atoms with Crippen LogP contribution in [0.3, 0.4) is 0 Å². The maximum absolute atomic E-state index is 15.1. The molecule has 0 radical (unpaired) electrons. The van der Waals surface area contributed by atoms with Gasteiger partial charge < -0.3 is 55.9 Å². The first kappa shape index (κ1) is 81.6. The fraction of sp³-hybridized carbons (Fsp3) is 0.216. The van der Waals surface area contributed by atoms with Crippen LogP contribution >= 0.6 is 23.2 Å². The Morgan fingerprint density at radius 3 is 1.44 bits per heavy atom. The van der Waals surface area contributed by atoms with Gasteiger partial charge in [-0.3, -0.25) is 53.3 Å². The van der Waals surface area contributed by atoms with E-state index in [0.29, 0.717) is 73.9 Å². The minimum absolute atomic E-state index is 0.0196. The van der Waals surface area contributed by atoms with E-state index in [0.717, 1.165) is 76.8 Å². The summed E-state index contributed by atoms with van der Waals surface area (Å²) in [5.41, 5.74) is 10.6. The average molecular weight is 1590 g/mol. The van der Waals surface area contributed by atoms with Crippen molar-refractivity contribution >= 4 is 96.9 Å². The van der Waals surface area contributed by atoms with E-state index in [4.69, 9.17) is 38.4 Å². The van der Waals surface area contributed by atoms with Gasteiger partial charge in [-0.2, -0.15) is 0 Å². The van der Waals surface area contributed by atoms with Crippen molar-refractivity contribution in [2.45, 2.75) is 12.1 Å². The first-order valence-electron chi connectivity index (χ1n) is 34.9. The van der Waals surface area contributed by atoms with Crippen LogP contribution in [0.4, 0.5) is 48.9 Å². The number of nitrogens with zero attached hydrogens (tertiary/aromatic N) is 21. The summed E-state index contributed by atoms with van der Waals surface area (Å²) in [7, 11) is 7.33. The SMILES string of the molecule is COC[C@H](C(=O)Nc1cccc2c(-c3nc(Cl)ncc3F)c[nH]c12)N1CCN(C)CC1.COC[C@H](C(=O)Nc1cccc2c(-c3nc(Nc4ccc(-n5ccnc5)nc4)ncc3F)c[nH]c12)N1CCN(C)CC1.Nc1ccc(-n2ccnc2)nc1.O=[N+]([O-])c1ccc(-n2ccnc2)nc1.O=[N+]([O-])c1ccc(Cl)nc1.c1c[nH]cn1. The number of aromatic nitrogens is 18. The number of anilines is 5. The van der Waals surface area contributed by atoms with Gasteiger partial charge in [0.15, 0.2) is 11.6 Å². The van der Waals surface area contributed by atoms with Gasteiger partial charge in [-0.25, -0.2) is 68.6 Å². The average Bonchev–Trinajstić information content (AvgIpc) is 1.62. The molecule has 2 saturated heterocycles. The Morgan fingerprint density at radius 2 is 1.04 bits per heavy atom. The molecule has 0 aliphatic carbocycles. The number of hydrogen-bond donors (Lipinski definition) is 7. The summed E-state index contributed by atoms with van der Waals surface area (Å²) in [5, 5.41) is 31.2. The highest BCUT2D eigenvalue weighted by Crippen LogP contribution is 2.36. The number of H-pyrrole nitrogens is 3. The third kappa shape index (κ3) is 22.0. The van der Waals surface area contributed by atoms with Crippen molar-refractivity contribution in [3.63, 3.8) is 0 Å². The number of nitrogen functional groups attached to an aromatic ring is 1. The molecule has 2 fully saturated rings. The molecular weight excluding hydrogens is 1520 g/mol. The number of pyridine rings is 4. The molecule has 2 atom stereocenters. The Morgan fingerprint density at radius 1 is 0.561 bits per heavy atom. The van der Waals surface area contributed by atoms with Gasteiger partial charge in [-0.15, -0.1) is 0 Å². The minimum Gasteiger partial charge on any atom is -0.397 e. The van der Waals surface area contributed by atoms with Crippen LogP contribution in [0.15, 0.2) is 209 Å². The Hall–Kier alpha value is -13.3. The molecule has 2 aliphatic heterocycles. The molecule has 12 aromatic heterocycles. The number of fused-ring (bicyclic) bond motifs is 2. The summed E-state index contributed by atoms with van der Waals surface area (Å²) in [4.78, 5) is 111. The number of rotatable bonds is 19. The van der Waals surface area contributed by atoms with Gasteiger partial charge in [0.1, 0.15) is 77.5 Å². The Balaban J connectivity index is 0.000000153. The lowest BCUT2D eigenvalue weighted by Crippen LogP contribution is -2.54. The summed E-state index contributed by atoms with van der Waals surface area (Å²) in [6.45, 7) is 7.30. The fourth-order valence-electron chi connectivity index (χ4n) is 11.6. The second-order valence-electron chi connectivity index (χ2n) is 25.1. The molecule has 2 aromatic carbocycles. The lowest BCUT2D eigenvalue weighted by atomic mass is 10.1. The number of likely N-dealkylation sites (N-methyl/N-ethyl adjacent to an activating group) is 2. The van der Waals surface area contributed by atoms with Crippen molar-refractivity contribution in [2.75, 3.05) is 116 Å². The van der Waals surface area contributed by atoms with Crippen molar-refractivity contribution in [3.8, 4) is 40.0 Å². The first-order chi connectivity index (χ1) is 55.3. The zero-order chi connectivity index (χ0) is 80.5. The Labute approximate surface area is 658 Å². The molecule has 588 valence electrons. The third-order valence-electron chi connectivity index (χ3n) is 17.5. The van der Waals surface area contributed by atoms with E-state index in [1.54, 1.807) is 135 Å². The number of imidazole rings is 4. The molecule has 0 spiro atoms. The quantitative estimate of drug-likeness (QED) is 0.0171. The number of nitrogens with one attached hydrogen (secondary N) is 6. The van der Waals surface area contributed by atoms with E-state index in [2.05, 4.69) is 124 Å². The number of benzene rings is 2. The Bertz CT molecular complexity index is 5350. The van der Waals surface area contributed by atoms with E-state index in [-0.39, 0.29) is 57.6 Å². The number of carbonyl (C=O) groups is 2. The molecule has 40 heteroatoms. The van der Waals surface area contributed by atoms with Gasteiger partial charge in [-0.05, 0) is 74.2 Å². The number of ether oxygens (including phenoxy) is 2. The number of amides is 2. The van der Waals surface area contributed by atoms with Gasteiger partial charge >= 0.3 is 0 Å². The molecule has 0 bridgehead atoms. The van der Waals surface area contributed by atoms with Crippen LogP contribution in [0.5, 0.6) is 0 Å². The summed E-state index contributed by atoms with van der Waals surface area (Å²) in [5.74, 6) is 0.905. The van der Waals surface area contributed by atoms with Crippen molar-refractivity contribution in [3.05, 3.63) is 252 Å². The van der Waals surface area contributed by atoms with Crippen LogP contribution < -0.4 is 21.7 Å². The summed E-state index contributed by atoms with van der Waals surface area (Å²) in [6.07, 6.45) is 31.5. The molecular formula is C74H76Cl2F2N28O8. The molecule has 36 nitrogen and oxygen atoms in total. The number of hydrogen-bond acceptors (Lipinski definition) is 26. The zero-order valence-corrected chi connectivity index (χ0v) is 63.1. The van der Waals surface area contributed by atoms with Crippen molar-refractivity contribution < 1.29 is 37.7 Å². The molecule has 8 N–H and O–H groups in total. The molecule has 0 saturated carbocycles. The molecule has 2 amide bonds. The molecule has 2 aliphatic rings. The highest BCUT2D eigenvalue weighted by molar-refractivity contribution is 6.29. The van der Waals surface area contributed by atoms with Crippen LogP contribution in [0.25, 0.3) is 61.8 Å². The van der Waals surface area contributed by atoms with E-state index in [1.165, 1.54) is 24.4 Å². The second-order valence-corrected chi connectivity index (χ2v) is 25.8. The van der Waals surface area contributed by atoms with E-state index >= 15 is 4.39 Å². The van der Waals surface area contributed by atoms with E-state index < -0.39 is 33.6 Å². The van der Waals surface area contributed by atoms with Gasteiger partial charge in [-0.1, -0.05) is 35.9 Å². The lowest BCUT2D eigenvalue weighted by molar-refractivity contribution is -0.385. The minimum atomic E-state index is -0.574. The number of carbonyl (C=O) groups excluding carboxylic acids is 2. The molecule has 14 aromatic rings. The fourth-order valence-corrected chi connectivity index (χ4v) is 11.8. The predicted molar refractivity (Wildman–Crippen MR) is 423 cm³/mol. The van der Waals surface area contributed by atoms with E-state index in [9.17, 15) is 34.2 Å². The predicted octanol–water partition coefficient (Wildman–Crippen LogP) is 9.99. The van der Waals surface area contributed by atoms with Crippen molar-refractivity contribution in [1.82, 2.24) is 108 Å². The van der Waals surface area contributed by atoms with Crippen LogP contribution in [0.1, 0.15) is 0 Å². The molecule has 114 heavy (non-hydrogen) atoms. The summed E-state index contributed by atoms with van der Waals surface area (Å²) >= 11 is 11.2. The normalized spacial score (nSPS) is 13.5. The van der Waals surface area contributed by atoms with Gasteiger partial charge in [0.25, 0.3) is 11.4 Å². The smallest absolute Gasteiger partial charge is 0.287 e. The van der Waals surface area contributed by atoms with Crippen LogP contribution in [-0.2, 0) is 19.1 Å². The number of aromatic amines is 3. The number of para-hydroxylation sites is 2. The Kier molecular flexibility index (Phi) is 28.7. The van der Waals surface area contributed by atoms with Crippen LogP contribution in [0, 0.1) is 31.9 Å². The number of piperazine rings is 2. The second kappa shape index (κ2) is 40.0. The maximum Gasteiger partial charge on any atom is 0.287 e. The van der Waals surface area contributed by atoms with Crippen LogP contribution in [0.2, 0.25) is 10.4 Å². The van der Waals surface area contributed by atoms with Crippen molar-refractivity contribution in [2.24, 2.45) is 0 Å². The van der Waals surface area contributed by atoms with Crippen LogP contribution in [-0.4, -0.2) is 236 Å². The number of halogens is 4. The molecule has 16 rings (SSSR count). The monoisotopic (exact) mass is 1590 g/mol. The zero-order valence-electron chi connectivity index (χ0n) is 61.6. The largest absolute Gasteiger partial charge is 0.397 e. The standard InChI is InChI=1S/C29H31FN10O2.C21H24ClFN6O2.C8H6N4O2.C8H8N4.C5H3ClN2O2.C3H4N2/c1-38-10-12-39(13-11-38)24(17-42-2)28(41)36-23-5-3-4-20-21(15-33-27(20)23)26-22(30)16-34-29(37-26)35-19-6-7-25(32-14-19)40-9-8-31-18-40;1-28-6-8-29(9-7-28)17(12-31-2)20(30)26-16-5-3-4-13-14(10-24-19(13)16)18-15(23)11-25-21(22)27-18;13-12(14)7-1-2-8(10-5-7)11-4-3-9-6-11;9-7-1-2-8(11-5-7)12-4-3-10-6-12;6-5-2-1-4(3-7-5)8(9)10;1-2-5-3-4-1/h3-9,14-16,18,24,33H,10-13,17H2,1-2H3,(H,36,41)(H,34,35,37);3-5,10-11,17,24H,6-9,12H2,1-2H3,(H,26,30);1-6H;1-6H,9H2;1-3H;1-3H,(H,4,5)/t24-;17-;;;;/m11..../s1. The number of methoxy groups -OCH3 is 2. The topological polar surface area (TPSA) is 431 Å². The van der Waals surface area contributed by atoms with E-state index in [1.807, 2.05) is 59.3 Å². The van der Waals surface area contributed by atoms with Gasteiger partial charge in [0.2, 0.25) is 23.0 Å².